The van der Waals surface area contributed by atoms with Crippen molar-refractivity contribution >= 4 is 52.7 Å². The summed E-state index contributed by atoms with van der Waals surface area (Å²) in [4.78, 5) is 29.7. The molecule has 3 atom stereocenters. The number of carboxylic acids is 1. The molecule has 0 aliphatic carbocycles. The molecule has 0 aromatic carbocycles. The van der Waals surface area contributed by atoms with E-state index in [0.29, 0.717) is 24.6 Å². The maximum atomic E-state index is 9.99. The molecule has 2 fully saturated rings. The van der Waals surface area contributed by atoms with Crippen molar-refractivity contribution < 1.29 is 34.1 Å². The molecule has 2 rings (SSSR count). The van der Waals surface area contributed by atoms with Crippen LogP contribution in [0.4, 0.5) is 0 Å². The Balaban J connectivity index is 0.000000301. The van der Waals surface area contributed by atoms with Gasteiger partial charge < -0.3 is 19.7 Å². The van der Waals surface area contributed by atoms with E-state index in [9.17, 15) is 14.4 Å². The summed E-state index contributed by atoms with van der Waals surface area (Å²) in [7, 11) is 0. The molecular formula is C12H17Cl3O7. The van der Waals surface area contributed by atoms with Crippen LogP contribution in [-0.2, 0) is 23.9 Å². The fourth-order valence-electron chi connectivity index (χ4n) is 1.15. The van der Waals surface area contributed by atoms with Crippen LogP contribution < -0.4 is 0 Å². The number of carboxylic acid groups (broad SMARTS) is 1. The predicted molar refractivity (Wildman–Crippen MR) is 79.4 cm³/mol. The number of rotatable bonds is 5. The third-order valence-corrected chi connectivity index (χ3v) is 3.36. The summed E-state index contributed by atoms with van der Waals surface area (Å²) >= 11 is 15.7. The Labute approximate surface area is 142 Å². The van der Waals surface area contributed by atoms with E-state index in [0.717, 1.165) is 0 Å². The number of hydrogen-bond acceptors (Lipinski definition) is 6. The summed E-state index contributed by atoms with van der Waals surface area (Å²) in [6.07, 6.45) is -0.159. The molecule has 0 aromatic heterocycles. The van der Waals surface area contributed by atoms with Crippen molar-refractivity contribution in [2.45, 2.75) is 37.6 Å². The topological polar surface area (TPSA) is 110 Å². The molecular weight excluding hydrogens is 362 g/mol. The SMILES string of the molecule is O=C(O)C[C@@H](O)CCl.O=C1CC(CCl)O1.O=C1C[C@@H](CCl)O1. The van der Waals surface area contributed by atoms with E-state index in [1.807, 2.05) is 0 Å². The number of ether oxygens (including phenoxy) is 2. The molecule has 0 radical (unpaired) electrons. The first-order valence-corrected chi connectivity index (χ1v) is 7.89. The van der Waals surface area contributed by atoms with Crippen LogP contribution in [0.1, 0.15) is 19.3 Å². The quantitative estimate of drug-likeness (QED) is 0.544. The zero-order chi connectivity index (χ0) is 17.1. The van der Waals surface area contributed by atoms with Crippen LogP contribution in [0.2, 0.25) is 0 Å². The van der Waals surface area contributed by atoms with E-state index in [4.69, 9.17) is 45.0 Å². The Morgan fingerprint density at radius 2 is 1.45 bits per heavy atom. The lowest BCUT2D eigenvalue weighted by Gasteiger charge is -2.22. The van der Waals surface area contributed by atoms with Gasteiger partial charge in [-0.05, 0) is 0 Å². The van der Waals surface area contributed by atoms with Crippen molar-refractivity contribution in [3.63, 3.8) is 0 Å². The normalized spacial score (nSPS) is 23.1. The van der Waals surface area contributed by atoms with Gasteiger partial charge in [0.1, 0.15) is 12.2 Å². The number of carbonyl (C=O) groups excluding carboxylic acids is 2. The van der Waals surface area contributed by atoms with Gasteiger partial charge in [-0.2, -0.15) is 0 Å². The Morgan fingerprint density at radius 1 is 1.09 bits per heavy atom. The van der Waals surface area contributed by atoms with Crippen LogP contribution in [0.5, 0.6) is 0 Å². The molecule has 128 valence electrons. The van der Waals surface area contributed by atoms with Gasteiger partial charge in [0, 0.05) is 5.88 Å². The van der Waals surface area contributed by atoms with Crippen molar-refractivity contribution in [3.05, 3.63) is 0 Å². The number of alkyl halides is 3. The first-order chi connectivity index (χ1) is 10.3. The second-order valence-corrected chi connectivity index (χ2v) is 5.27. The molecule has 10 heteroatoms. The standard InChI is InChI=1S/C4H7ClO3.2C4H5ClO2/c5-2-3(6)1-4(7)8;2*5-2-3-1-4(6)7-3/h3,6H,1-2H2,(H,7,8);2*3H,1-2H2/t2*3-;/m10./s1. The lowest BCUT2D eigenvalue weighted by molar-refractivity contribution is -0.167. The van der Waals surface area contributed by atoms with Crippen LogP contribution in [-0.4, -0.2) is 64.1 Å². The van der Waals surface area contributed by atoms with E-state index in [2.05, 4.69) is 9.47 Å². The highest BCUT2D eigenvalue weighted by Crippen LogP contribution is 2.13. The number of aliphatic carboxylic acids is 1. The van der Waals surface area contributed by atoms with Gasteiger partial charge in [-0.3, -0.25) is 14.4 Å². The van der Waals surface area contributed by atoms with Crippen molar-refractivity contribution in [2.24, 2.45) is 0 Å². The lowest BCUT2D eigenvalue weighted by Crippen LogP contribution is -2.33. The summed E-state index contributed by atoms with van der Waals surface area (Å²) < 4.78 is 9.03. The van der Waals surface area contributed by atoms with Crippen molar-refractivity contribution in [3.8, 4) is 0 Å². The fraction of sp³-hybridized carbons (Fsp3) is 0.750. The zero-order valence-electron chi connectivity index (χ0n) is 11.5. The Hall–Kier alpha value is -0.760. The second kappa shape index (κ2) is 11.8. The number of aliphatic hydroxyl groups is 1. The molecule has 2 heterocycles. The maximum absolute atomic E-state index is 9.99. The number of esters is 2. The zero-order valence-corrected chi connectivity index (χ0v) is 13.8. The Bertz CT molecular complexity index is 338. The molecule has 0 amide bonds. The highest BCUT2D eigenvalue weighted by Gasteiger charge is 2.27. The molecule has 0 bridgehead atoms. The second-order valence-electron chi connectivity index (χ2n) is 4.35. The van der Waals surface area contributed by atoms with Crippen molar-refractivity contribution in [1.82, 2.24) is 0 Å². The smallest absolute Gasteiger partial charge is 0.309 e. The van der Waals surface area contributed by atoms with Crippen LogP contribution in [0.3, 0.4) is 0 Å². The molecule has 2 aliphatic rings. The first-order valence-electron chi connectivity index (χ1n) is 6.29. The van der Waals surface area contributed by atoms with Gasteiger partial charge in [0.05, 0.1) is 37.1 Å². The van der Waals surface area contributed by atoms with Crippen molar-refractivity contribution in [1.29, 1.82) is 0 Å². The minimum absolute atomic E-state index is 0.00849. The lowest BCUT2D eigenvalue weighted by atomic mass is 10.2. The Kier molecular flexibility index (Phi) is 11.4. The molecule has 0 aromatic rings. The average Bonchev–Trinajstić information content (AvgIpc) is 2.41. The van der Waals surface area contributed by atoms with Crippen molar-refractivity contribution in [2.75, 3.05) is 17.6 Å². The molecule has 2 N–H and O–H groups in total. The molecule has 2 aliphatic heterocycles. The highest BCUT2D eigenvalue weighted by atomic mass is 35.5. The summed E-state index contributed by atoms with van der Waals surface area (Å²) in [5.41, 5.74) is 0. The monoisotopic (exact) mass is 378 g/mol. The van der Waals surface area contributed by atoms with Crippen LogP contribution in [0.15, 0.2) is 0 Å². The van der Waals surface area contributed by atoms with Gasteiger partial charge in [-0.25, -0.2) is 0 Å². The summed E-state index contributed by atoms with van der Waals surface area (Å²) in [5.74, 6) is -0.446. The minimum atomic E-state index is -1.03. The van der Waals surface area contributed by atoms with Gasteiger partial charge in [-0.1, -0.05) is 0 Å². The first kappa shape index (κ1) is 21.2. The molecule has 0 spiro atoms. The van der Waals surface area contributed by atoms with Crippen LogP contribution in [0.25, 0.3) is 0 Å². The van der Waals surface area contributed by atoms with E-state index in [-0.39, 0.29) is 36.4 Å². The van der Waals surface area contributed by atoms with Crippen LogP contribution in [0, 0.1) is 0 Å². The highest BCUT2D eigenvalue weighted by molar-refractivity contribution is 6.19. The van der Waals surface area contributed by atoms with Crippen LogP contribution >= 0.6 is 34.8 Å². The van der Waals surface area contributed by atoms with Gasteiger partial charge in [0.15, 0.2) is 0 Å². The number of halogens is 3. The summed E-state index contributed by atoms with van der Waals surface area (Å²) in [5, 5.41) is 16.5. The molecule has 7 nitrogen and oxygen atoms in total. The van der Waals surface area contributed by atoms with E-state index < -0.39 is 12.1 Å². The van der Waals surface area contributed by atoms with Gasteiger partial charge in [-0.15, -0.1) is 34.8 Å². The van der Waals surface area contributed by atoms with Gasteiger partial charge in [0.2, 0.25) is 0 Å². The molecule has 2 saturated heterocycles. The van der Waals surface area contributed by atoms with Gasteiger partial charge >= 0.3 is 17.9 Å². The molecule has 1 unspecified atom stereocenters. The summed E-state index contributed by atoms with van der Waals surface area (Å²) in [6, 6.07) is 0. The molecule has 0 saturated carbocycles. The number of aliphatic hydroxyl groups excluding tert-OH is 1. The minimum Gasteiger partial charge on any atom is -0.481 e. The fourth-order valence-corrected chi connectivity index (χ4v) is 1.61. The van der Waals surface area contributed by atoms with E-state index in [1.165, 1.54) is 0 Å². The van der Waals surface area contributed by atoms with E-state index in [1.54, 1.807) is 0 Å². The number of carbonyl (C=O) groups is 3. The largest absolute Gasteiger partial charge is 0.481 e. The third kappa shape index (κ3) is 10.0. The maximum Gasteiger partial charge on any atom is 0.309 e. The number of cyclic esters (lactones) is 2. The average molecular weight is 380 g/mol. The summed E-state index contributed by atoms with van der Waals surface area (Å²) in [6.45, 7) is 0. The Morgan fingerprint density at radius 3 is 1.55 bits per heavy atom. The van der Waals surface area contributed by atoms with Gasteiger partial charge in [0.25, 0.3) is 0 Å². The third-order valence-electron chi connectivity index (χ3n) is 2.32. The molecule has 22 heavy (non-hydrogen) atoms. The van der Waals surface area contributed by atoms with E-state index >= 15 is 0 Å². The number of hydrogen-bond donors (Lipinski definition) is 2. The predicted octanol–water partition coefficient (Wildman–Crippen LogP) is 1.14.